The molecular formula is C19H23N6O2+. The first kappa shape index (κ1) is 18.5. The minimum Gasteiger partial charge on any atom is -0.508 e. The summed E-state index contributed by atoms with van der Waals surface area (Å²) in [6.07, 6.45) is 5.49. The number of aliphatic hydroxyl groups excluding tert-OH is 1. The molecule has 0 saturated carbocycles. The summed E-state index contributed by atoms with van der Waals surface area (Å²) in [5, 5.41) is 36.2. The van der Waals surface area contributed by atoms with E-state index in [2.05, 4.69) is 15.4 Å². The fourth-order valence-corrected chi connectivity index (χ4v) is 2.73. The van der Waals surface area contributed by atoms with Gasteiger partial charge in [0.15, 0.2) is 18.2 Å². The molecule has 4 N–H and O–H groups in total. The molecule has 0 fully saturated rings. The largest absolute Gasteiger partial charge is 0.508 e. The summed E-state index contributed by atoms with van der Waals surface area (Å²) >= 11 is 0. The van der Waals surface area contributed by atoms with Gasteiger partial charge in [0.25, 0.3) is 0 Å². The van der Waals surface area contributed by atoms with Crippen molar-refractivity contribution in [3.8, 4) is 5.75 Å². The van der Waals surface area contributed by atoms with Crippen LogP contribution in [0.25, 0.3) is 0 Å². The third kappa shape index (κ3) is 4.29. The molecule has 1 aromatic carbocycles. The lowest BCUT2D eigenvalue weighted by molar-refractivity contribution is -0.672. The summed E-state index contributed by atoms with van der Waals surface area (Å²) in [5.41, 5.74) is 3.33. The van der Waals surface area contributed by atoms with Gasteiger partial charge in [-0.05, 0) is 24.6 Å². The lowest BCUT2D eigenvalue weighted by Crippen LogP contribution is -2.30. The first-order valence-corrected chi connectivity index (χ1v) is 8.59. The van der Waals surface area contributed by atoms with Gasteiger partial charge in [-0.3, -0.25) is 5.41 Å². The Kier molecular flexibility index (Phi) is 5.46. The number of rotatable bonds is 6. The Labute approximate surface area is 157 Å². The van der Waals surface area contributed by atoms with Crippen LogP contribution in [0.4, 0.5) is 11.4 Å². The number of aliphatic imine (C=N–C) groups is 1. The Morgan fingerprint density at radius 2 is 2.19 bits per heavy atom. The summed E-state index contributed by atoms with van der Waals surface area (Å²) in [6.45, 7) is 2.56. The summed E-state index contributed by atoms with van der Waals surface area (Å²) in [5.74, 6) is 0.355. The normalized spacial score (nSPS) is 15.0. The van der Waals surface area contributed by atoms with E-state index in [4.69, 9.17) is 10.5 Å². The highest BCUT2D eigenvalue weighted by Crippen LogP contribution is 2.32. The Morgan fingerprint density at radius 1 is 1.37 bits per heavy atom. The number of hydrogen-bond acceptors (Lipinski definition) is 6. The molecule has 2 heterocycles. The zero-order valence-corrected chi connectivity index (χ0v) is 15.3. The molecule has 1 aromatic heterocycles. The molecule has 0 spiro atoms. The van der Waals surface area contributed by atoms with Crippen LogP contribution in [0.15, 0.2) is 46.8 Å². The molecular weight excluding hydrogens is 344 g/mol. The van der Waals surface area contributed by atoms with E-state index >= 15 is 0 Å². The summed E-state index contributed by atoms with van der Waals surface area (Å²) < 4.78 is 1.95. The van der Waals surface area contributed by atoms with Gasteiger partial charge in [0.2, 0.25) is 0 Å². The number of aliphatic hydroxyl groups is 1. The van der Waals surface area contributed by atoms with E-state index in [0.29, 0.717) is 35.7 Å². The van der Waals surface area contributed by atoms with Crippen LogP contribution in [0.3, 0.4) is 0 Å². The Balaban J connectivity index is 1.83. The number of hydrazone groups is 1. The van der Waals surface area contributed by atoms with Crippen LogP contribution in [-0.4, -0.2) is 46.1 Å². The maximum absolute atomic E-state index is 9.94. The number of hydrogen-bond donors (Lipinski definition) is 4. The molecule has 27 heavy (non-hydrogen) atoms. The Morgan fingerprint density at radius 3 is 2.93 bits per heavy atom. The van der Waals surface area contributed by atoms with Crippen molar-refractivity contribution in [2.75, 3.05) is 18.5 Å². The van der Waals surface area contributed by atoms with Gasteiger partial charge >= 0.3 is 0 Å². The molecule has 8 heteroatoms. The molecule has 1 aliphatic rings. The molecule has 0 bridgehead atoms. The molecule has 0 unspecified atom stereocenters. The first-order valence-electron chi connectivity index (χ1n) is 8.59. The maximum Gasteiger partial charge on any atom is 0.173 e. The fourth-order valence-electron chi connectivity index (χ4n) is 2.73. The second-order valence-electron chi connectivity index (χ2n) is 6.33. The van der Waals surface area contributed by atoms with Gasteiger partial charge in [-0.2, -0.15) is 5.10 Å². The maximum atomic E-state index is 9.94. The van der Waals surface area contributed by atoms with E-state index in [1.165, 1.54) is 0 Å². The number of anilines is 1. The van der Waals surface area contributed by atoms with Crippen LogP contribution >= 0.6 is 0 Å². The van der Waals surface area contributed by atoms with Gasteiger partial charge in [-0.15, -0.1) is 0 Å². The fraction of sp³-hybridized carbons (Fsp3) is 0.263. The second-order valence-corrected chi connectivity index (χ2v) is 6.33. The number of nitrogens with zero attached hydrogens (tertiary/aromatic N) is 4. The van der Waals surface area contributed by atoms with Crippen LogP contribution in [0.2, 0.25) is 0 Å². The van der Waals surface area contributed by atoms with E-state index in [0.717, 1.165) is 5.56 Å². The van der Waals surface area contributed by atoms with Gasteiger partial charge in [-0.25, -0.2) is 14.6 Å². The van der Waals surface area contributed by atoms with Gasteiger partial charge in [0.1, 0.15) is 18.5 Å². The van der Waals surface area contributed by atoms with Crippen molar-refractivity contribution >= 4 is 29.1 Å². The first-order chi connectivity index (χ1) is 13.0. The van der Waals surface area contributed by atoms with Crippen LogP contribution in [0.1, 0.15) is 11.1 Å². The summed E-state index contributed by atoms with van der Waals surface area (Å²) in [6, 6.07) is 7.25. The average Bonchev–Trinajstić information content (AvgIpc) is 2.97. The number of benzene rings is 1. The Bertz CT molecular complexity index is 922. The number of phenols is 1. The quantitative estimate of drug-likeness (QED) is 0.580. The van der Waals surface area contributed by atoms with Crippen LogP contribution in [0, 0.1) is 12.3 Å². The number of amidine groups is 1. The van der Waals surface area contributed by atoms with Gasteiger partial charge in [0.05, 0.1) is 30.7 Å². The lowest BCUT2D eigenvalue weighted by atomic mass is 10.1. The molecule has 0 radical (unpaired) electrons. The molecule has 8 nitrogen and oxygen atoms in total. The van der Waals surface area contributed by atoms with Gasteiger partial charge in [-0.1, -0.05) is 0 Å². The molecule has 0 amide bonds. The van der Waals surface area contributed by atoms with E-state index in [9.17, 15) is 5.11 Å². The SMILES string of the molecule is Cc1cc(N=C2C=NN(Cc3ccc[n+](C)c3)C2=N)c(NCCO)cc1O. The van der Waals surface area contributed by atoms with Crippen LogP contribution in [-0.2, 0) is 13.6 Å². The minimum absolute atomic E-state index is 0.0375. The number of aryl methyl sites for hydroxylation is 2. The monoisotopic (exact) mass is 367 g/mol. The van der Waals surface area contributed by atoms with E-state index in [1.807, 2.05) is 36.1 Å². The molecule has 0 aliphatic carbocycles. The highest BCUT2D eigenvalue weighted by Gasteiger charge is 2.22. The van der Waals surface area contributed by atoms with Crippen molar-refractivity contribution in [3.63, 3.8) is 0 Å². The highest BCUT2D eigenvalue weighted by atomic mass is 16.3. The van der Waals surface area contributed by atoms with Crippen molar-refractivity contribution in [3.05, 3.63) is 47.8 Å². The standard InChI is InChI=1S/C19H22N6O2/c1-13-8-16(15(9-18(13)27)21-5-7-26)23-17-10-22-25(19(17)20)12-14-4-3-6-24(2)11-14/h3-4,6,8-11,26H,5,7,12H2,1-2H3,(H2-,20,21,22,27)/p+1. The third-order valence-corrected chi connectivity index (χ3v) is 4.14. The number of phenolic OH excluding ortho intramolecular Hbond substituents is 1. The predicted molar refractivity (Wildman–Crippen MR) is 105 cm³/mol. The van der Waals surface area contributed by atoms with Crippen LogP contribution < -0.4 is 9.88 Å². The number of aromatic hydroxyl groups is 1. The number of pyridine rings is 1. The minimum atomic E-state index is -0.0375. The summed E-state index contributed by atoms with van der Waals surface area (Å²) in [4.78, 5) is 4.54. The average molecular weight is 367 g/mol. The molecule has 1 aliphatic heterocycles. The number of nitrogens with one attached hydrogen (secondary N) is 2. The smallest absolute Gasteiger partial charge is 0.173 e. The van der Waals surface area contributed by atoms with E-state index < -0.39 is 0 Å². The molecule has 0 atom stereocenters. The third-order valence-electron chi connectivity index (χ3n) is 4.14. The second kappa shape index (κ2) is 7.96. The zero-order chi connectivity index (χ0) is 19.4. The topological polar surface area (TPSA) is 108 Å². The van der Waals surface area contributed by atoms with Crippen LogP contribution in [0.5, 0.6) is 5.75 Å². The summed E-state index contributed by atoms with van der Waals surface area (Å²) in [7, 11) is 1.95. The van der Waals surface area contributed by atoms with E-state index in [-0.39, 0.29) is 18.2 Å². The highest BCUT2D eigenvalue weighted by molar-refractivity contribution is 6.63. The van der Waals surface area contributed by atoms with Crippen molar-refractivity contribution in [2.24, 2.45) is 17.1 Å². The van der Waals surface area contributed by atoms with Crippen molar-refractivity contribution < 1.29 is 14.8 Å². The Hall–Kier alpha value is -3.26. The van der Waals surface area contributed by atoms with Gasteiger partial charge < -0.3 is 15.5 Å². The molecule has 140 valence electrons. The molecule has 3 rings (SSSR count). The lowest BCUT2D eigenvalue weighted by Gasteiger charge is -2.14. The van der Waals surface area contributed by atoms with Gasteiger partial charge in [0, 0.05) is 24.2 Å². The van der Waals surface area contributed by atoms with Crippen molar-refractivity contribution in [1.82, 2.24) is 5.01 Å². The van der Waals surface area contributed by atoms with E-state index in [1.54, 1.807) is 30.3 Å². The number of aromatic nitrogens is 1. The van der Waals surface area contributed by atoms with Crippen molar-refractivity contribution in [1.29, 1.82) is 5.41 Å². The molecule has 2 aromatic rings. The van der Waals surface area contributed by atoms with Crippen molar-refractivity contribution in [2.45, 2.75) is 13.5 Å². The zero-order valence-electron chi connectivity index (χ0n) is 15.3. The molecule has 0 saturated heterocycles. The predicted octanol–water partition coefficient (Wildman–Crippen LogP) is 1.48.